The van der Waals surface area contributed by atoms with E-state index in [4.69, 9.17) is 16.3 Å². The molecule has 1 heterocycles. The number of amides is 1. The summed E-state index contributed by atoms with van der Waals surface area (Å²) in [5.41, 5.74) is 3.82. The molecular formula is C16H13BrClNO2. The molecule has 1 atom stereocenters. The van der Waals surface area contributed by atoms with E-state index in [9.17, 15) is 4.79 Å². The molecule has 2 aromatic rings. The second-order valence-electron chi connectivity index (χ2n) is 4.90. The van der Waals surface area contributed by atoms with E-state index in [1.54, 1.807) is 7.11 Å². The Morgan fingerprint density at radius 2 is 1.95 bits per heavy atom. The van der Waals surface area contributed by atoms with Crippen LogP contribution in [0.2, 0.25) is 0 Å². The number of benzene rings is 2. The van der Waals surface area contributed by atoms with E-state index in [1.165, 1.54) is 0 Å². The first-order valence-corrected chi connectivity index (χ1v) is 7.71. The van der Waals surface area contributed by atoms with Gasteiger partial charge in [0.2, 0.25) is 5.91 Å². The second-order valence-corrected chi connectivity index (χ2v) is 6.19. The minimum Gasteiger partial charge on any atom is -0.496 e. The number of fused-ring (bicyclic) bond motifs is 1. The van der Waals surface area contributed by atoms with Crippen LogP contribution in [0, 0.1) is 0 Å². The Morgan fingerprint density at radius 3 is 2.67 bits per heavy atom. The summed E-state index contributed by atoms with van der Waals surface area (Å²) < 4.78 is 6.09. The first-order chi connectivity index (χ1) is 10.1. The molecule has 0 saturated carbocycles. The Balaban J connectivity index is 1.92. The normalized spacial score (nSPS) is 14.5. The van der Waals surface area contributed by atoms with Gasteiger partial charge in [-0.15, -0.1) is 11.6 Å². The molecule has 5 heteroatoms. The molecule has 2 aromatic carbocycles. The largest absolute Gasteiger partial charge is 0.496 e. The highest BCUT2D eigenvalue weighted by Crippen LogP contribution is 2.36. The summed E-state index contributed by atoms with van der Waals surface area (Å²) in [4.78, 5) is 11.4. The summed E-state index contributed by atoms with van der Waals surface area (Å²) >= 11 is 10.0. The van der Waals surface area contributed by atoms with Crippen LogP contribution in [0.4, 0.5) is 5.69 Å². The quantitative estimate of drug-likeness (QED) is 0.823. The van der Waals surface area contributed by atoms with E-state index in [2.05, 4.69) is 21.2 Å². The Hall–Kier alpha value is -1.52. The molecule has 108 valence electrons. The number of rotatable bonds is 3. The van der Waals surface area contributed by atoms with Crippen LogP contribution in [0.5, 0.6) is 5.75 Å². The summed E-state index contributed by atoms with van der Waals surface area (Å²) in [6.07, 6.45) is 0.416. The molecule has 0 aromatic heterocycles. The van der Waals surface area contributed by atoms with Crippen LogP contribution in [0.25, 0.3) is 0 Å². The Bertz CT molecular complexity index is 717. The number of ether oxygens (including phenoxy) is 1. The number of hydrogen-bond donors (Lipinski definition) is 1. The minimum absolute atomic E-state index is 0.0282. The third-order valence-electron chi connectivity index (χ3n) is 3.52. The first-order valence-electron chi connectivity index (χ1n) is 6.48. The standard InChI is InChI=1S/C16H13BrClNO2/c1-21-14-5-3-10(7-12(14)17)16(18)9-2-4-13-11(6-9)8-15(20)19-13/h2-7,16H,8H2,1H3,(H,19,20). The van der Waals surface area contributed by atoms with Crippen LogP contribution in [0.3, 0.4) is 0 Å². The Kier molecular flexibility index (Phi) is 3.91. The van der Waals surface area contributed by atoms with Gasteiger partial charge >= 0.3 is 0 Å². The monoisotopic (exact) mass is 365 g/mol. The van der Waals surface area contributed by atoms with E-state index >= 15 is 0 Å². The van der Waals surface area contributed by atoms with E-state index < -0.39 is 0 Å². The number of hydrogen-bond acceptors (Lipinski definition) is 2. The van der Waals surface area contributed by atoms with Crippen molar-refractivity contribution in [1.29, 1.82) is 0 Å². The lowest BCUT2D eigenvalue weighted by atomic mass is 10.0. The lowest BCUT2D eigenvalue weighted by Gasteiger charge is -2.13. The molecule has 1 aliphatic heterocycles. The average Bonchev–Trinajstić information content (AvgIpc) is 2.85. The zero-order chi connectivity index (χ0) is 15.0. The molecule has 0 aliphatic carbocycles. The predicted molar refractivity (Wildman–Crippen MR) is 87.2 cm³/mol. The molecule has 3 rings (SSSR count). The maximum Gasteiger partial charge on any atom is 0.228 e. The lowest BCUT2D eigenvalue weighted by Crippen LogP contribution is -2.03. The summed E-state index contributed by atoms with van der Waals surface area (Å²) in [6, 6.07) is 11.6. The van der Waals surface area contributed by atoms with Crippen LogP contribution in [-0.2, 0) is 11.2 Å². The average molecular weight is 367 g/mol. The first kappa shape index (κ1) is 14.4. The fourth-order valence-electron chi connectivity index (χ4n) is 2.44. The topological polar surface area (TPSA) is 38.3 Å². The van der Waals surface area contributed by atoms with Crippen molar-refractivity contribution in [1.82, 2.24) is 0 Å². The van der Waals surface area contributed by atoms with Gasteiger partial charge in [-0.05, 0) is 50.8 Å². The summed E-state index contributed by atoms with van der Waals surface area (Å²) in [6.45, 7) is 0. The van der Waals surface area contributed by atoms with E-state index in [-0.39, 0.29) is 11.3 Å². The molecule has 1 amide bonds. The molecular weight excluding hydrogens is 354 g/mol. The number of methoxy groups -OCH3 is 1. The molecule has 1 unspecified atom stereocenters. The van der Waals surface area contributed by atoms with Crippen molar-refractivity contribution in [2.45, 2.75) is 11.8 Å². The van der Waals surface area contributed by atoms with Crippen LogP contribution < -0.4 is 10.1 Å². The zero-order valence-corrected chi connectivity index (χ0v) is 13.7. The third-order valence-corrected chi connectivity index (χ3v) is 4.64. The highest BCUT2D eigenvalue weighted by molar-refractivity contribution is 9.10. The van der Waals surface area contributed by atoms with Gasteiger partial charge in [0.05, 0.1) is 23.4 Å². The van der Waals surface area contributed by atoms with Gasteiger partial charge < -0.3 is 10.1 Å². The SMILES string of the molecule is COc1ccc(C(Cl)c2ccc3c(c2)CC(=O)N3)cc1Br. The van der Waals surface area contributed by atoms with Crippen molar-refractivity contribution in [3.05, 3.63) is 57.6 Å². The molecule has 3 nitrogen and oxygen atoms in total. The van der Waals surface area contributed by atoms with Crippen molar-refractivity contribution in [2.24, 2.45) is 0 Å². The van der Waals surface area contributed by atoms with Gasteiger partial charge in [-0.25, -0.2) is 0 Å². The summed E-state index contributed by atoms with van der Waals surface area (Å²) in [5.74, 6) is 0.798. The van der Waals surface area contributed by atoms with Gasteiger partial charge in [0.15, 0.2) is 0 Å². The lowest BCUT2D eigenvalue weighted by molar-refractivity contribution is -0.115. The number of halogens is 2. The fourth-order valence-corrected chi connectivity index (χ4v) is 3.27. The van der Waals surface area contributed by atoms with Crippen LogP contribution in [-0.4, -0.2) is 13.0 Å². The van der Waals surface area contributed by atoms with Gasteiger partial charge in [0, 0.05) is 5.69 Å². The molecule has 0 saturated heterocycles. The molecule has 0 spiro atoms. The van der Waals surface area contributed by atoms with Gasteiger partial charge in [0.1, 0.15) is 5.75 Å². The highest BCUT2D eigenvalue weighted by atomic mass is 79.9. The zero-order valence-electron chi connectivity index (χ0n) is 11.3. The number of anilines is 1. The molecule has 0 radical (unpaired) electrons. The number of carbonyl (C=O) groups is 1. The molecule has 1 aliphatic rings. The predicted octanol–water partition coefficient (Wildman–Crippen LogP) is 4.28. The summed E-state index contributed by atoms with van der Waals surface area (Å²) in [5, 5.41) is 2.55. The second kappa shape index (κ2) is 5.70. The van der Waals surface area contributed by atoms with Gasteiger partial charge in [-0.1, -0.05) is 18.2 Å². The van der Waals surface area contributed by atoms with Gasteiger partial charge in [-0.2, -0.15) is 0 Å². The van der Waals surface area contributed by atoms with Crippen LogP contribution in [0.15, 0.2) is 40.9 Å². The molecule has 0 fully saturated rings. The van der Waals surface area contributed by atoms with Crippen molar-refractivity contribution in [2.75, 3.05) is 12.4 Å². The maximum atomic E-state index is 11.4. The molecule has 0 bridgehead atoms. The highest BCUT2D eigenvalue weighted by Gasteiger charge is 2.20. The van der Waals surface area contributed by atoms with E-state index in [0.717, 1.165) is 32.6 Å². The Morgan fingerprint density at radius 1 is 1.24 bits per heavy atom. The van der Waals surface area contributed by atoms with Crippen molar-refractivity contribution in [3.8, 4) is 5.75 Å². The number of carbonyl (C=O) groups excluding carboxylic acids is 1. The maximum absolute atomic E-state index is 11.4. The van der Waals surface area contributed by atoms with Crippen molar-refractivity contribution in [3.63, 3.8) is 0 Å². The van der Waals surface area contributed by atoms with Crippen molar-refractivity contribution < 1.29 is 9.53 Å². The molecule has 1 N–H and O–H groups in total. The van der Waals surface area contributed by atoms with E-state index in [0.29, 0.717) is 6.42 Å². The fraction of sp³-hybridized carbons (Fsp3) is 0.188. The summed E-state index contributed by atoms with van der Waals surface area (Å²) in [7, 11) is 1.63. The van der Waals surface area contributed by atoms with Crippen molar-refractivity contribution >= 4 is 39.1 Å². The van der Waals surface area contributed by atoms with E-state index in [1.807, 2.05) is 36.4 Å². The van der Waals surface area contributed by atoms with Gasteiger partial charge in [-0.3, -0.25) is 4.79 Å². The third kappa shape index (κ3) is 2.78. The van der Waals surface area contributed by atoms with Crippen LogP contribution in [0.1, 0.15) is 22.1 Å². The smallest absolute Gasteiger partial charge is 0.228 e. The minimum atomic E-state index is -0.270. The van der Waals surface area contributed by atoms with Crippen LogP contribution >= 0.6 is 27.5 Å². The molecule has 21 heavy (non-hydrogen) atoms. The number of nitrogens with one attached hydrogen (secondary N) is 1. The number of alkyl halides is 1. The Labute approximate surface area is 136 Å². The van der Waals surface area contributed by atoms with Gasteiger partial charge in [0.25, 0.3) is 0 Å².